The van der Waals surface area contributed by atoms with Gasteiger partial charge in [0.1, 0.15) is 0 Å². The van der Waals surface area contributed by atoms with Crippen LogP contribution in [0.5, 0.6) is 0 Å². The molecule has 3 rings (SSSR count). The van der Waals surface area contributed by atoms with Gasteiger partial charge < -0.3 is 10.6 Å². The maximum atomic E-state index is 12.8. The van der Waals surface area contributed by atoms with Gasteiger partial charge in [-0.25, -0.2) is 0 Å². The standard InChI is InChI=1S/C15H15BrN2OS/c16-10-3-6-14(17)13(8-10)15(19)18(11-4-5-11)9-12-2-1-7-20-12/h1-3,6-8,11H,4-5,9,17H2. The Morgan fingerprint density at radius 2 is 2.20 bits per heavy atom. The molecule has 2 aromatic rings. The van der Waals surface area contributed by atoms with E-state index in [2.05, 4.69) is 22.0 Å². The molecule has 0 unspecified atom stereocenters. The van der Waals surface area contributed by atoms with E-state index in [0.717, 1.165) is 17.3 Å². The second-order valence-corrected chi connectivity index (χ2v) is 6.92. The number of carbonyl (C=O) groups is 1. The first-order valence-corrected chi connectivity index (χ1v) is 8.21. The number of benzene rings is 1. The molecule has 104 valence electrons. The molecule has 1 aliphatic rings. The van der Waals surface area contributed by atoms with Gasteiger partial charge in [0, 0.05) is 21.1 Å². The van der Waals surface area contributed by atoms with Crippen LogP contribution in [0.25, 0.3) is 0 Å². The summed E-state index contributed by atoms with van der Waals surface area (Å²) in [5, 5.41) is 2.04. The van der Waals surface area contributed by atoms with Crippen LogP contribution in [0, 0.1) is 0 Å². The largest absolute Gasteiger partial charge is 0.398 e. The van der Waals surface area contributed by atoms with Crippen LogP contribution in [0.2, 0.25) is 0 Å². The first-order chi connectivity index (χ1) is 9.65. The van der Waals surface area contributed by atoms with Gasteiger partial charge >= 0.3 is 0 Å². The average Bonchev–Trinajstić information content (AvgIpc) is 3.15. The Kier molecular flexibility index (Phi) is 3.81. The molecule has 0 radical (unpaired) electrons. The van der Waals surface area contributed by atoms with Crippen LogP contribution in [-0.4, -0.2) is 16.8 Å². The molecular formula is C15H15BrN2OS. The molecule has 0 atom stereocenters. The van der Waals surface area contributed by atoms with Gasteiger partial charge in [-0.05, 0) is 42.5 Å². The van der Waals surface area contributed by atoms with Crippen molar-refractivity contribution in [2.75, 3.05) is 5.73 Å². The lowest BCUT2D eigenvalue weighted by molar-refractivity contribution is 0.0732. The minimum absolute atomic E-state index is 0.0275. The van der Waals surface area contributed by atoms with Crippen molar-refractivity contribution in [2.45, 2.75) is 25.4 Å². The Hall–Kier alpha value is -1.33. The normalized spacial score (nSPS) is 14.2. The predicted molar refractivity (Wildman–Crippen MR) is 85.8 cm³/mol. The van der Waals surface area contributed by atoms with Crippen LogP contribution >= 0.6 is 27.3 Å². The van der Waals surface area contributed by atoms with Crippen molar-refractivity contribution in [3.05, 3.63) is 50.6 Å². The molecule has 1 aromatic heterocycles. The first kappa shape index (κ1) is 13.6. The number of hydrogen-bond donors (Lipinski definition) is 1. The van der Waals surface area contributed by atoms with Gasteiger partial charge in [0.15, 0.2) is 0 Å². The molecule has 0 spiro atoms. The van der Waals surface area contributed by atoms with Crippen molar-refractivity contribution in [3.63, 3.8) is 0 Å². The van der Waals surface area contributed by atoms with Crippen molar-refractivity contribution in [3.8, 4) is 0 Å². The molecule has 1 fully saturated rings. The summed E-state index contributed by atoms with van der Waals surface area (Å²) < 4.78 is 0.877. The number of hydrogen-bond acceptors (Lipinski definition) is 3. The quantitative estimate of drug-likeness (QED) is 0.850. The molecule has 1 saturated carbocycles. The minimum atomic E-state index is 0.0275. The van der Waals surface area contributed by atoms with Gasteiger partial charge in [-0.2, -0.15) is 0 Å². The van der Waals surface area contributed by atoms with Crippen molar-refractivity contribution in [2.24, 2.45) is 0 Å². The van der Waals surface area contributed by atoms with E-state index in [0.29, 0.717) is 23.8 Å². The lowest BCUT2D eigenvalue weighted by Gasteiger charge is -2.22. The number of nitrogen functional groups attached to an aromatic ring is 1. The van der Waals surface area contributed by atoms with Crippen molar-refractivity contribution >= 4 is 38.9 Å². The molecule has 0 saturated heterocycles. The highest BCUT2D eigenvalue weighted by Crippen LogP contribution is 2.32. The van der Waals surface area contributed by atoms with E-state index in [9.17, 15) is 4.79 Å². The SMILES string of the molecule is Nc1ccc(Br)cc1C(=O)N(Cc1cccs1)C1CC1. The molecule has 20 heavy (non-hydrogen) atoms. The number of nitrogens with zero attached hydrogens (tertiary/aromatic N) is 1. The predicted octanol–water partition coefficient (Wildman–Crippen LogP) is 3.90. The summed E-state index contributed by atoms with van der Waals surface area (Å²) in [7, 11) is 0. The molecule has 0 aliphatic heterocycles. The van der Waals surface area contributed by atoms with Crippen LogP contribution < -0.4 is 5.73 Å². The van der Waals surface area contributed by atoms with Gasteiger partial charge in [-0.3, -0.25) is 4.79 Å². The van der Waals surface area contributed by atoms with Gasteiger partial charge in [-0.15, -0.1) is 11.3 Å². The summed E-state index contributed by atoms with van der Waals surface area (Å²) in [4.78, 5) is 15.9. The van der Waals surface area contributed by atoms with Gasteiger partial charge in [-0.1, -0.05) is 22.0 Å². The maximum absolute atomic E-state index is 12.8. The highest BCUT2D eigenvalue weighted by molar-refractivity contribution is 9.10. The molecule has 0 bridgehead atoms. The fraction of sp³-hybridized carbons (Fsp3) is 0.267. The number of thiophene rings is 1. The third-order valence-corrected chi connectivity index (χ3v) is 4.75. The van der Waals surface area contributed by atoms with E-state index < -0.39 is 0 Å². The topological polar surface area (TPSA) is 46.3 Å². The molecule has 1 aromatic carbocycles. The van der Waals surface area contributed by atoms with E-state index in [1.165, 1.54) is 4.88 Å². The molecule has 3 nitrogen and oxygen atoms in total. The Labute approximate surface area is 130 Å². The van der Waals surface area contributed by atoms with E-state index in [1.54, 1.807) is 17.4 Å². The number of nitrogens with two attached hydrogens (primary N) is 1. The monoisotopic (exact) mass is 350 g/mol. The van der Waals surface area contributed by atoms with E-state index in [1.807, 2.05) is 28.5 Å². The first-order valence-electron chi connectivity index (χ1n) is 6.53. The summed E-state index contributed by atoms with van der Waals surface area (Å²) >= 11 is 5.08. The second-order valence-electron chi connectivity index (χ2n) is 4.98. The number of carbonyl (C=O) groups excluding carboxylic acids is 1. The fourth-order valence-corrected chi connectivity index (χ4v) is 3.26. The fourth-order valence-electron chi connectivity index (χ4n) is 2.19. The van der Waals surface area contributed by atoms with E-state index in [4.69, 9.17) is 5.73 Å². The number of amides is 1. The van der Waals surface area contributed by atoms with Crippen molar-refractivity contribution in [1.29, 1.82) is 0 Å². The Balaban J connectivity index is 1.87. The third-order valence-electron chi connectivity index (χ3n) is 3.40. The number of anilines is 1. The molecule has 5 heteroatoms. The molecule has 1 amide bonds. The van der Waals surface area contributed by atoms with Gasteiger partial charge in [0.25, 0.3) is 5.91 Å². The zero-order chi connectivity index (χ0) is 14.1. The molecule has 1 heterocycles. The summed E-state index contributed by atoms with van der Waals surface area (Å²) in [5.74, 6) is 0.0275. The van der Waals surface area contributed by atoms with Crippen LogP contribution in [-0.2, 0) is 6.54 Å². The van der Waals surface area contributed by atoms with Crippen LogP contribution in [0.3, 0.4) is 0 Å². The highest BCUT2D eigenvalue weighted by Gasteiger charge is 2.33. The van der Waals surface area contributed by atoms with E-state index >= 15 is 0 Å². The van der Waals surface area contributed by atoms with Crippen LogP contribution in [0.15, 0.2) is 40.2 Å². The number of rotatable bonds is 4. The molecular weight excluding hydrogens is 336 g/mol. The lowest BCUT2D eigenvalue weighted by Crippen LogP contribution is -2.32. The number of halogens is 1. The molecule has 2 N–H and O–H groups in total. The Bertz CT molecular complexity index is 623. The zero-order valence-corrected chi connectivity index (χ0v) is 13.3. The maximum Gasteiger partial charge on any atom is 0.256 e. The van der Waals surface area contributed by atoms with Gasteiger partial charge in [0.05, 0.1) is 12.1 Å². The Morgan fingerprint density at radius 1 is 1.40 bits per heavy atom. The van der Waals surface area contributed by atoms with Crippen molar-refractivity contribution in [1.82, 2.24) is 4.90 Å². The van der Waals surface area contributed by atoms with Crippen LogP contribution in [0.1, 0.15) is 28.1 Å². The highest BCUT2D eigenvalue weighted by atomic mass is 79.9. The third kappa shape index (κ3) is 2.88. The summed E-state index contributed by atoms with van der Waals surface area (Å²) in [6.07, 6.45) is 2.18. The lowest BCUT2D eigenvalue weighted by atomic mass is 10.1. The average molecular weight is 351 g/mol. The summed E-state index contributed by atoms with van der Waals surface area (Å²) in [6, 6.07) is 9.88. The zero-order valence-electron chi connectivity index (χ0n) is 10.9. The second kappa shape index (κ2) is 5.58. The summed E-state index contributed by atoms with van der Waals surface area (Å²) in [5.41, 5.74) is 7.08. The van der Waals surface area contributed by atoms with Crippen molar-refractivity contribution < 1.29 is 4.79 Å². The van der Waals surface area contributed by atoms with Gasteiger partial charge in [0.2, 0.25) is 0 Å². The van der Waals surface area contributed by atoms with E-state index in [-0.39, 0.29) is 5.91 Å². The Morgan fingerprint density at radius 3 is 2.85 bits per heavy atom. The molecule has 1 aliphatic carbocycles. The smallest absolute Gasteiger partial charge is 0.256 e. The minimum Gasteiger partial charge on any atom is -0.398 e. The van der Waals surface area contributed by atoms with Crippen LogP contribution in [0.4, 0.5) is 5.69 Å². The summed E-state index contributed by atoms with van der Waals surface area (Å²) in [6.45, 7) is 0.674.